The maximum Gasteiger partial charge on any atom is 0.277 e. The standard InChI is InChI=1S/C7H9O2Si/c8-6-10(9)7-4-2-1-3-5-7/h1-5,8,10H,6H2. The van der Waals surface area contributed by atoms with Gasteiger partial charge in [0.15, 0.2) is 0 Å². The summed E-state index contributed by atoms with van der Waals surface area (Å²) in [5.41, 5.74) is 0. The van der Waals surface area contributed by atoms with Crippen LogP contribution in [0, 0.1) is 0 Å². The first-order valence-electron chi connectivity index (χ1n) is 3.16. The largest absolute Gasteiger partial charge is 0.397 e. The molecule has 1 atom stereocenters. The van der Waals surface area contributed by atoms with E-state index in [1.807, 2.05) is 18.2 Å². The zero-order valence-electron chi connectivity index (χ0n) is 5.53. The van der Waals surface area contributed by atoms with Gasteiger partial charge in [0.05, 0.1) is 6.23 Å². The van der Waals surface area contributed by atoms with Crippen molar-refractivity contribution >= 4 is 14.2 Å². The first kappa shape index (κ1) is 7.46. The van der Waals surface area contributed by atoms with Gasteiger partial charge in [-0.05, 0) is 5.19 Å². The Hall–Kier alpha value is -0.643. The first-order valence-corrected chi connectivity index (χ1v) is 5.02. The van der Waals surface area contributed by atoms with Crippen LogP contribution in [0.3, 0.4) is 0 Å². The number of rotatable bonds is 2. The molecule has 0 aliphatic carbocycles. The van der Waals surface area contributed by atoms with E-state index in [9.17, 15) is 4.80 Å². The lowest BCUT2D eigenvalue weighted by Crippen LogP contribution is -2.32. The van der Waals surface area contributed by atoms with Crippen LogP contribution in [0.4, 0.5) is 0 Å². The Kier molecular flexibility index (Phi) is 2.62. The molecule has 1 aromatic carbocycles. The highest BCUT2D eigenvalue weighted by Crippen LogP contribution is 1.84. The van der Waals surface area contributed by atoms with Crippen LogP contribution in [-0.4, -0.2) is 20.4 Å². The number of aliphatic hydroxyl groups excluding tert-OH is 1. The Labute approximate surface area is 61.5 Å². The normalized spacial score (nSPS) is 13.0. The molecule has 0 heterocycles. The van der Waals surface area contributed by atoms with Crippen molar-refractivity contribution in [2.24, 2.45) is 0 Å². The van der Waals surface area contributed by atoms with Gasteiger partial charge >= 0.3 is 0 Å². The van der Waals surface area contributed by atoms with Crippen molar-refractivity contribution in [1.29, 1.82) is 0 Å². The molecule has 0 amide bonds. The molecule has 53 valence electrons. The quantitative estimate of drug-likeness (QED) is 0.576. The zero-order valence-corrected chi connectivity index (χ0v) is 6.68. The van der Waals surface area contributed by atoms with Crippen molar-refractivity contribution in [2.75, 3.05) is 6.23 Å². The molecule has 3 heteroatoms. The van der Waals surface area contributed by atoms with E-state index in [-0.39, 0.29) is 6.23 Å². The van der Waals surface area contributed by atoms with Gasteiger partial charge in [0.2, 0.25) is 0 Å². The van der Waals surface area contributed by atoms with Crippen molar-refractivity contribution in [3.05, 3.63) is 30.3 Å². The molecule has 2 nitrogen and oxygen atoms in total. The van der Waals surface area contributed by atoms with E-state index in [4.69, 9.17) is 5.11 Å². The fourth-order valence-corrected chi connectivity index (χ4v) is 1.64. The summed E-state index contributed by atoms with van der Waals surface area (Å²) in [5, 5.41) is 9.32. The molecule has 0 aliphatic heterocycles. The van der Waals surface area contributed by atoms with Crippen LogP contribution in [0.25, 0.3) is 0 Å². The molecule has 0 spiro atoms. The van der Waals surface area contributed by atoms with E-state index in [2.05, 4.69) is 0 Å². The van der Waals surface area contributed by atoms with Crippen molar-refractivity contribution in [3.8, 4) is 0 Å². The fraction of sp³-hybridized carbons (Fsp3) is 0.143. The fourth-order valence-electron chi connectivity index (χ4n) is 0.773. The molecule has 0 saturated carbocycles. The van der Waals surface area contributed by atoms with E-state index in [1.165, 1.54) is 0 Å². The molecular formula is C7H9O2Si. The SMILES string of the molecule is [O][SiH](CO)c1ccccc1. The van der Waals surface area contributed by atoms with E-state index in [0.717, 1.165) is 5.19 Å². The van der Waals surface area contributed by atoms with Crippen molar-refractivity contribution in [1.82, 2.24) is 0 Å². The third kappa shape index (κ3) is 1.67. The molecule has 0 saturated heterocycles. The lowest BCUT2D eigenvalue weighted by molar-refractivity contribution is 0.325. The molecule has 1 unspecified atom stereocenters. The second kappa shape index (κ2) is 3.51. The number of hydrogen-bond donors (Lipinski definition) is 1. The Morgan fingerprint density at radius 2 is 1.90 bits per heavy atom. The van der Waals surface area contributed by atoms with Gasteiger partial charge in [0.25, 0.3) is 9.04 Å². The third-order valence-electron chi connectivity index (χ3n) is 1.34. The summed E-state index contributed by atoms with van der Waals surface area (Å²) in [7, 11) is -2.23. The average Bonchev–Trinajstić information content (AvgIpc) is 2.05. The number of hydrogen-bond acceptors (Lipinski definition) is 1. The van der Waals surface area contributed by atoms with Crippen molar-refractivity contribution < 1.29 is 9.90 Å². The summed E-state index contributed by atoms with van der Waals surface area (Å²) >= 11 is 0. The van der Waals surface area contributed by atoms with Gasteiger partial charge in [0.1, 0.15) is 0 Å². The van der Waals surface area contributed by atoms with E-state index < -0.39 is 9.04 Å². The Morgan fingerprint density at radius 3 is 2.40 bits per heavy atom. The molecule has 1 radical (unpaired) electrons. The summed E-state index contributed by atoms with van der Waals surface area (Å²) in [5.74, 6) is 0. The second-order valence-corrected chi connectivity index (χ2v) is 4.09. The van der Waals surface area contributed by atoms with Gasteiger partial charge in [-0.3, -0.25) is 4.80 Å². The molecule has 0 fully saturated rings. The smallest absolute Gasteiger partial charge is 0.277 e. The van der Waals surface area contributed by atoms with Crippen LogP contribution in [-0.2, 0) is 4.80 Å². The minimum Gasteiger partial charge on any atom is -0.397 e. The highest BCUT2D eigenvalue weighted by Gasteiger charge is 2.08. The lowest BCUT2D eigenvalue weighted by Gasteiger charge is -1.99. The Bertz CT molecular complexity index is 188. The van der Waals surface area contributed by atoms with Gasteiger partial charge in [-0.2, -0.15) is 0 Å². The van der Waals surface area contributed by atoms with Crippen LogP contribution < -0.4 is 5.19 Å². The summed E-state index contributed by atoms with van der Waals surface area (Å²) in [4.78, 5) is 11.0. The summed E-state index contributed by atoms with van der Waals surface area (Å²) in [6.07, 6.45) is -0.190. The number of benzene rings is 1. The van der Waals surface area contributed by atoms with Gasteiger partial charge in [-0.25, -0.2) is 0 Å². The molecule has 0 aliphatic rings. The van der Waals surface area contributed by atoms with E-state index >= 15 is 0 Å². The predicted octanol–water partition coefficient (Wildman–Crippen LogP) is -0.421. The van der Waals surface area contributed by atoms with Crippen LogP contribution in [0.5, 0.6) is 0 Å². The average molecular weight is 153 g/mol. The molecular weight excluding hydrogens is 144 g/mol. The second-order valence-electron chi connectivity index (χ2n) is 2.08. The Balaban J connectivity index is 2.75. The summed E-state index contributed by atoms with van der Waals surface area (Å²) < 4.78 is 0. The Morgan fingerprint density at radius 1 is 1.30 bits per heavy atom. The van der Waals surface area contributed by atoms with E-state index in [1.54, 1.807) is 12.1 Å². The van der Waals surface area contributed by atoms with Gasteiger partial charge < -0.3 is 5.11 Å². The topological polar surface area (TPSA) is 40.1 Å². The van der Waals surface area contributed by atoms with Gasteiger partial charge in [-0.15, -0.1) is 0 Å². The summed E-state index contributed by atoms with van der Waals surface area (Å²) in [6, 6.07) is 9.06. The molecule has 1 N–H and O–H groups in total. The number of aliphatic hydroxyl groups is 1. The molecule has 1 aromatic rings. The van der Waals surface area contributed by atoms with Crippen LogP contribution in [0.1, 0.15) is 0 Å². The van der Waals surface area contributed by atoms with Gasteiger partial charge in [0, 0.05) is 0 Å². The molecule has 0 aromatic heterocycles. The van der Waals surface area contributed by atoms with Crippen LogP contribution in [0.2, 0.25) is 0 Å². The van der Waals surface area contributed by atoms with Gasteiger partial charge in [-0.1, -0.05) is 30.3 Å². The lowest BCUT2D eigenvalue weighted by atomic mass is 10.4. The molecule has 10 heavy (non-hydrogen) atoms. The monoisotopic (exact) mass is 153 g/mol. The molecule has 0 bridgehead atoms. The van der Waals surface area contributed by atoms with Crippen molar-refractivity contribution in [2.45, 2.75) is 0 Å². The van der Waals surface area contributed by atoms with E-state index in [0.29, 0.717) is 0 Å². The van der Waals surface area contributed by atoms with Crippen LogP contribution >= 0.6 is 0 Å². The first-order chi connectivity index (χ1) is 4.84. The van der Waals surface area contributed by atoms with Crippen molar-refractivity contribution in [3.63, 3.8) is 0 Å². The summed E-state index contributed by atoms with van der Waals surface area (Å²) in [6.45, 7) is 0. The minimum atomic E-state index is -2.23. The maximum absolute atomic E-state index is 11.0. The highest BCUT2D eigenvalue weighted by atomic mass is 28.3. The molecule has 1 rings (SSSR count). The van der Waals surface area contributed by atoms with Crippen LogP contribution in [0.15, 0.2) is 30.3 Å². The highest BCUT2D eigenvalue weighted by molar-refractivity contribution is 6.65. The minimum absolute atomic E-state index is 0.190. The predicted molar refractivity (Wildman–Crippen MR) is 41.0 cm³/mol. The zero-order chi connectivity index (χ0) is 7.40. The maximum atomic E-state index is 11.0. The third-order valence-corrected chi connectivity index (χ3v) is 2.80.